The number of carbonyl (C=O) groups is 2. The molecule has 2 aromatic rings. The van der Waals surface area contributed by atoms with Crippen LogP contribution in [0.1, 0.15) is 31.8 Å². The van der Waals surface area contributed by atoms with Crippen LogP contribution in [0.2, 0.25) is 0 Å². The van der Waals surface area contributed by atoms with Crippen LogP contribution in [0, 0.1) is 0 Å². The van der Waals surface area contributed by atoms with Crippen LogP contribution in [0.3, 0.4) is 0 Å². The summed E-state index contributed by atoms with van der Waals surface area (Å²) in [5.41, 5.74) is 13.2. The van der Waals surface area contributed by atoms with Gasteiger partial charge >= 0.3 is 0 Å². The quantitative estimate of drug-likeness (QED) is 0.843. The molecule has 0 aliphatic heterocycles. The van der Waals surface area contributed by atoms with Gasteiger partial charge in [-0.1, -0.05) is 24.3 Å². The van der Waals surface area contributed by atoms with Crippen molar-refractivity contribution in [2.45, 2.75) is 13.2 Å². The van der Waals surface area contributed by atoms with Crippen molar-refractivity contribution < 1.29 is 14.3 Å². The number of carbonyl (C=O) groups excluding carboxylic acids is 2. The highest BCUT2D eigenvalue weighted by atomic mass is 16.5. The Balaban J connectivity index is 1.86. The second-order valence-electron chi connectivity index (χ2n) is 4.62. The molecule has 0 fully saturated rings. The van der Waals surface area contributed by atoms with Gasteiger partial charge in [0.1, 0.15) is 0 Å². The van der Waals surface area contributed by atoms with Crippen LogP contribution >= 0.6 is 0 Å². The molecular formula is C16H16N2O3. The molecule has 2 rings (SSSR count). The van der Waals surface area contributed by atoms with Gasteiger partial charge in [-0.25, -0.2) is 0 Å². The number of rotatable bonds is 6. The molecule has 0 radical (unpaired) electrons. The minimum Gasteiger partial charge on any atom is -0.372 e. The van der Waals surface area contributed by atoms with Crippen molar-refractivity contribution in [3.63, 3.8) is 0 Å². The third kappa shape index (κ3) is 4.15. The highest BCUT2D eigenvalue weighted by Gasteiger charge is 2.02. The summed E-state index contributed by atoms with van der Waals surface area (Å²) >= 11 is 0. The monoisotopic (exact) mass is 284 g/mol. The number of amides is 2. The van der Waals surface area contributed by atoms with E-state index < -0.39 is 11.8 Å². The number of primary amides is 2. The molecule has 0 atom stereocenters. The first-order valence-corrected chi connectivity index (χ1v) is 6.41. The van der Waals surface area contributed by atoms with E-state index in [1.165, 1.54) is 0 Å². The molecule has 21 heavy (non-hydrogen) atoms. The number of ether oxygens (including phenoxy) is 1. The first-order valence-electron chi connectivity index (χ1n) is 6.41. The molecule has 2 aromatic carbocycles. The standard InChI is InChI=1S/C16H16N2O3/c17-15(19)13-5-1-11(2-6-13)9-21-10-12-3-7-14(8-4-12)16(18)20/h1-8H,9-10H2,(H2,17,19)(H2,18,20). The van der Waals surface area contributed by atoms with Gasteiger partial charge in [-0.2, -0.15) is 0 Å². The van der Waals surface area contributed by atoms with Gasteiger partial charge in [0.15, 0.2) is 0 Å². The molecule has 2 amide bonds. The summed E-state index contributed by atoms with van der Waals surface area (Å²) in [5, 5.41) is 0. The molecule has 0 aromatic heterocycles. The Morgan fingerprint density at radius 3 is 1.33 bits per heavy atom. The lowest BCUT2D eigenvalue weighted by molar-refractivity contribution is 0.0992. The molecule has 108 valence electrons. The third-order valence-corrected chi connectivity index (χ3v) is 3.01. The lowest BCUT2D eigenvalue weighted by Crippen LogP contribution is -2.10. The largest absolute Gasteiger partial charge is 0.372 e. The Morgan fingerprint density at radius 2 is 1.05 bits per heavy atom. The summed E-state index contributed by atoms with van der Waals surface area (Å²) in [6.07, 6.45) is 0. The molecule has 5 nitrogen and oxygen atoms in total. The summed E-state index contributed by atoms with van der Waals surface area (Å²) in [5.74, 6) is -0.894. The van der Waals surface area contributed by atoms with Crippen LogP contribution in [0.4, 0.5) is 0 Å². The predicted molar refractivity (Wildman–Crippen MR) is 78.4 cm³/mol. The van der Waals surface area contributed by atoms with E-state index in [1.807, 2.05) is 0 Å². The van der Waals surface area contributed by atoms with Crippen LogP contribution in [-0.2, 0) is 18.0 Å². The molecular weight excluding hydrogens is 268 g/mol. The Morgan fingerprint density at radius 1 is 0.714 bits per heavy atom. The lowest BCUT2D eigenvalue weighted by atomic mass is 10.1. The van der Waals surface area contributed by atoms with Crippen molar-refractivity contribution in [2.75, 3.05) is 0 Å². The average molecular weight is 284 g/mol. The Bertz CT molecular complexity index is 576. The second-order valence-corrected chi connectivity index (χ2v) is 4.62. The first kappa shape index (κ1) is 14.7. The summed E-state index contributed by atoms with van der Waals surface area (Å²) in [6, 6.07) is 13.9. The number of hydrogen-bond donors (Lipinski definition) is 2. The highest BCUT2D eigenvalue weighted by molar-refractivity contribution is 5.93. The van der Waals surface area contributed by atoms with Crippen molar-refractivity contribution in [3.05, 3.63) is 70.8 Å². The van der Waals surface area contributed by atoms with E-state index in [4.69, 9.17) is 16.2 Å². The maximum Gasteiger partial charge on any atom is 0.248 e. The Labute approximate surface area is 122 Å². The SMILES string of the molecule is NC(=O)c1ccc(COCc2ccc(C(N)=O)cc2)cc1. The first-order chi connectivity index (χ1) is 10.1. The fourth-order valence-electron chi connectivity index (χ4n) is 1.82. The molecule has 0 unspecified atom stereocenters. The number of benzene rings is 2. The van der Waals surface area contributed by atoms with Crippen molar-refractivity contribution in [2.24, 2.45) is 11.5 Å². The maximum absolute atomic E-state index is 10.9. The van der Waals surface area contributed by atoms with Gasteiger partial charge in [0.25, 0.3) is 0 Å². The van der Waals surface area contributed by atoms with Crippen LogP contribution in [0.25, 0.3) is 0 Å². The molecule has 4 N–H and O–H groups in total. The molecule has 0 saturated heterocycles. The van der Waals surface area contributed by atoms with E-state index >= 15 is 0 Å². The smallest absolute Gasteiger partial charge is 0.248 e. The second kappa shape index (κ2) is 6.67. The van der Waals surface area contributed by atoms with Crippen molar-refractivity contribution in [3.8, 4) is 0 Å². The van der Waals surface area contributed by atoms with E-state index in [2.05, 4.69) is 0 Å². The topological polar surface area (TPSA) is 95.4 Å². The number of hydrogen-bond acceptors (Lipinski definition) is 3. The van der Waals surface area contributed by atoms with E-state index in [9.17, 15) is 9.59 Å². The minimum atomic E-state index is -0.447. The molecule has 0 aliphatic rings. The van der Waals surface area contributed by atoms with Gasteiger partial charge in [-0.05, 0) is 35.4 Å². The lowest BCUT2D eigenvalue weighted by Gasteiger charge is -2.06. The maximum atomic E-state index is 10.9. The van der Waals surface area contributed by atoms with Crippen molar-refractivity contribution in [1.29, 1.82) is 0 Å². The van der Waals surface area contributed by atoms with Gasteiger partial charge in [0, 0.05) is 11.1 Å². The summed E-state index contributed by atoms with van der Waals surface area (Å²) in [6.45, 7) is 0.854. The zero-order chi connectivity index (χ0) is 15.2. The zero-order valence-electron chi connectivity index (χ0n) is 11.4. The summed E-state index contributed by atoms with van der Waals surface area (Å²) < 4.78 is 5.57. The van der Waals surface area contributed by atoms with Crippen LogP contribution in [-0.4, -0.2) is 11.8 Å². The van der Waals surface area contributed by atoms with Gasteiger partial charge in [0.05, 0.1) is 13.2 Å². The van der Waals surface area contributed by atoms with Crippen LogP contribution in [0.5, 0.6) is 0 Å². The van der Waals surface area contributed by atoms with Gasteiger partial charge in [0.2, 0.25) is 11.8 Å². The summed E-state index contributed by atoms with van der Waals surface area (Å²) in [7, 11) is 0. The van der Waals surface area contributed by atoms with Gasteiger partial charge in [-0.3, -0.25) is 9.59 Å². The van der Waals surface area contributed by atoms with Crippen molar-refractivity contribution >= 4 is 11.8 Å². The molecule has 0 heterocycles. The zero-order valence-corrected chi connectivity index (χ0v) is 11.4. The Hall–Kier alpha value is -2.66. The van der Waals surface area contributed by atoms with Crippen LogP contribution in [0.15, 0.2) is 48.5 Å². The fourth-order valence-corrected chi connectivity index (χ4v) is 1.82. The van der Waals surface area contributed by atoms with Crippen LogP contribution < -0.4 is 11.5 Å². The Kier molecular flexibility index (Phi) is 4.68. The predicted octanol–water partition coefficient (Wildman–Crippen LogP) is 1.60. The molecule has 0 saturated carbocycles. The molecule has 0 bridgehead atoms. The van der Waals surface area contributed by atoms with E-state index in [1.54, 1.807) is 48.5 Å². The molecule has 5 heteroatoms. The fraction of sp³-hybridized carbons (Fsp3) is 0.125. The highest BCUT2D eigenvalue weighted by Crippen LogP contribution is 2.09. The number of nitrogens with two attached hydrogens (primary N) is 2. The minimum absolute atomic E-state index is 0.427. The normalized spacial score (nSPS) is 10.3. The van der Waals surface area contributed by atoms with E-state index in [0.29, 0.717) is 24.3 Å². The van der Waals surface area contributed by atoms with Gasteiger partial charge < -0.3 is 16.2 Å². The average Bonchev–Trinajstić information content (AvgIpc) is 2.48. The molecule has 0 aliphatic carbocycles. The third-order valence-electron chi connectivity index (χ3n) is 3.01. The van der Waals surface area contributed by atoms with Gasteiger partial charge in [-0.15, -0.1) is 0 Å². The van der Waals surface area contributed by atoms with Crippen molar-refractivity contribution in [1.82, 2.24) is 0 Å². The summed E-state index contributed by atoms with van der Waals surface area (Å²) in [4.78, 5) is 21.9. The molecule has 0 spiro atoms. The van der Waals surface area contributed by atoms with E-state index in [0.717, 1.165) is 11.1 Å². The van der Waals surface area contributed by atoms with E-state index in [-0.39, 0.29) is 0 Å².